The van der Waals surface area contributed by atoms with Gasteiger partial charge in [0.2, 0.25) is 0 Å². The van der Waals surface area contributed by atoms with Crippen LogP contribution in [0.4, 0.5) is 15.3 Å². The second-order valence-electron chi connectivity index (χ2n) is 10.7. The summed E-state index contributed by atoms with van der Waals surface area (Å²) in [5, 5.41) is 0. The number of para-hydroxylation sites is 2. The minimum absolute atomic E-state index is 0.231. The number of ether oxygens (including phenoxy) is 2. The lowest BCUT2D eigenvalue weighted by Gasteiger charge is -2.32. The lowest BCUT2D eigenvalue weighted by molar-refractivity contribution is -0.127. The lowest BCUT2D eigenvalue weighted by Crippen LogP contribution is -2.44. The van der Waals surface area contributed by atoms with E-state index in [4.69, 9.17) is 9.47 Å². The Morgan fingerprint density at radius 3 is 2.17 bits per heavy atom. The molecule has 1 aromatic carbocycles. The maximum atomic E-state index is 13.1. The monoisotopic (exact) mass is 480 g/mol. The minimum atomic E-state index is -0.694. The maximum Gasteiger partial charge on any atom is 0.417 e. The predicted molar refractivity (Wildman–Crippen MR) is 131 cm³/mol. The number of fused-ring (bicyclic) bond motifs is 3. The number of hydrogen-bond donors (Lipinski definition) is 0. The molecule has 1 saturated heterocycles. The number of carbonyl (C=O) groups excluding carboxylic acids is 3. The van der Waals surface area contributed by atoms with Crippen LogP contribution >= 0.6 is 0 Å². The molecule has 1 fully saturated rings. The largest absolute Gasteiger partial charge is 0.443 e. The van der Waals surface area contributed by atoms with Gasteiger partial charge in [-0.05, 0) is 72.6 Å². The van der Waals surface area contributed by atoms with E-state index in [1.54, 1.807) is 38.1 Å². The summed E-state index contributed by atoms with van der Waals surface area (Å²) in [7, 11) is 0. The fraction of sp³-hybridized carbons (Fsp3) is 0.462. The normalized spacial score (nSPS) is 17.2. The van der Waals surface area contributed by atoms with Crippen LogP contribution in [-0.4, -0.2) is 50.3 Å². The van der Waals surface area contributed by atoms with E-state index in [1.807, 2.05) is 49.6 Å². The Hall–Kier alpha value is -3.62. The van der Waals surface area contributed by atoms with E-state index in [9.17, 15) is 14.4 Å². The lowest BCUT2D eigenvalue weighted by atomic mass is 10.0. The van der Waals surface area contributed by atoms with Crippen molar-refractivity contribution in [2.75, 3.05) is 11.4 Å². The number of rotatable bonds is 1. The summed E-state index contributed by atoms with van der Waals surface area (Å²) in [4.78, 5) is 46.0. The number of hydrogen-bond acceptors (Lipinski definition) is 6. The van der Waals surface area contributed by atoms with Gasteiger partial charge in [-0.25, -0.2) is 19.5 Å². The summed E-state index contributed by atoms with van der Waals surface area (Å²) >= 11 is 0. The summed E-state index contributed by atoms with van der Waals surface area (Å²) in [5.74, 6) is -0.382. The van der Waals surface area contributed by atoms with Crippen LogP contribution in [0.2, 0.25) is 0 Å². The predicted octanol–water partition coefficient (Wildman–Crippen LogP) is 5.07. The molecule has 9 heteroatoms. The third-order valence-corrected chi connectivity index (χ3v) is 5.53. The summed E-state index contributed by atoms with van der Waals surface area (Å²) < 4.78 is 13.0. The van der Waals surface area contributed by atoms with Gasteiger partial charge in [0.25, 0.3) is 5.91 Å². The van der Waals surface area contributed by atoms with Gasteiger partial charge in [0, 0.05) is 12.1 Å². The fourth-order valence-corrected chi connectivity index (χ4v) is 4.08. The molecular weight excluding hydrogens is 448 g/mol. The molecule has 0 N–H and O–H groups in total. The average molecular weight is 481 g/mol. The molecular formula is C26H32N4O5. The van der Waals surface area contributed by atoms with E-state index in [2.05, 4.69) is 4.98 Å². The van der Waals surface area contributed by atoms with Crippen molar-refractivity contribution >= 4 is 29.9 Å². The van der Waals surface area contributed by atoms with Crippen LogP contribution in [0.3, 0.4) is 0 Å². The Morgan fingerprint density at radius 1 is 0.943 bits per heavy atom. The first kappa shape index (κ1) is 24.5. The van der Waals surface area contributed by atoms with E-state index in [0.29, 0.717) is 30.7 Å². The van der Waals surface area contributed by atoms with Gasteiger partial charge in [0.05, 0.1) is 29.3 Å². The van der Waals surface area contributed by atoms with Crippen LogP contribution in [0.25, 0.3) is 11.8 Å². The van der Waals surface area contributed by atoms with E-state index in [-0.39, 0.29) is 12.5 Å². The maximum absolute atomic E-state index is 13.1. The fourth-order valence-electron chi connectivity index (χ4n) is 4.08. The van der Waals surface area contributed by atoms with E-state index >= 15 is 0 Å². The van der Waals surface area contributed by atoms with Gasteiger partial charge in [0.15, 0.2) is 0 Å². The zero-order chi connectivity index (χ0) is 25.5. The van der Waals surface area contributed by atoms with Crippen molar-refractivity contribution in [1.82, 2.24) is 14.5 Å². The zero-order valence-corrected chi connectivity index (χ0v) is 21.1. The third kappa shape index (κ3) is 5.23. The molecule has 0 atom stereocenters. The molecule has 0 spiro atoms. The highest BCUT2D eigenvalue weighted by Gasteiger charge is 2.34. The summed E-state index contributed by atoms with van der Waals surface area (Å²) in [6.07, 6.45) is 3.46. The van der Waals surface area contributed by atoms with Crippen molar-refractivity contribution < 1.29 is 23.9 Å². The Morgan fingerprint density at radius 2 is 1.54 bits per heavy atom. The first-order chi connectivity index (χ1) is 16.3. The quantitative estimate of drug-likeness (QED) is 0.529. The van der Waals surface area contributed by atoms with E-state index in [0.717, 1.165) is 22.0 Å². The van der Waals surface area contributed by atoms with Gasteiger partial charge in [0.1, 0.15) is 17.5 Å². The van der Waals surface area contributed by atoms with Crippen LogP contribution in [0, 0.1) is 0 Å². The Kier molecular flexibility index (Phi) is 6.21. The Labute approximate surface area is 205 Å². The standard InChI is InChI=1S/C26H32N4O5/c1-25(2,3)34-23(32)28-13-9-10-17(22(28)31)14-18-21-15-29(24(33)35-26(4,5)6)19-11-7-8-12-20(19)30(21)16-27-18/h7-8,11-12,14,16H,9-10,13,15H2,1-6H3. The number of anilines is 1. The van der Waals surface area contributed by atoms with Crippen molar-refractivity contribution in [2.24, 2.45) is 0 Å². The molecule has 3 heterocycles. The number of imide groups is 1. The molecule has 9 nitrogen and oxygen atoms in total. The van der Waals surface area contributed by atoms with Crippen molar-refractivity contribution in [3.05, 3.63) is 47.6 Å². The van der Waals surface area contributed by atoms with Gasteiger partial charge in [-0.3, -0.25) is 14.3 Å². The highest BCUT2D eigenvalue weighted by Crippen LogP contribution is 2.35. The molecule has 1 aromatic heterocycles. The first-order valence-electron chi connectivity index (χ1n) is 11.8. The van der Waals surface area contributed by atoms with Gasteiger partial charge >= 0.3 is 12.2 Å². The highest BCUT2D eigenvalue weighted by molar-refractivity contribution is 6.06. The molecule has 2 aliphatic heterocycles. The smallest absolute Gasteiger partial charge is 0.417 e. The van der Waals surface area contributed by atoms with E-state index < -0.39 is 23.4 Å². The van der Waals surface area contributed by atoms with Gasteiger partial charge < -0.3 is 9.47 Å². The van der Waals surface area contributed by atoms with Crippen molar-refractivity contribution in [3.8, 4) is 5.69 Å². The second-order valence-corrected chi connectivity index (χ2v) is 10.7. The molecule has 3 amide bonds. The second kappa shape index (κ2) is 8.87. The first-order valence-corrected chi connectivity index (χ1v) is 11.8. The number of nitrogens with zero attached hydrogens (tertiary/aromatic N) is 4. The van der Waals surface area contributed by atoms with Crippen molar-refractivity contribution in [3.63, 3.8) is 0 Å². The number of benzene rings is 1. The summed E-state index contributed by atoms with van der Waals surface area (Å²) in [6, 6.07) is 7.53. The topological polar surface area (TPSA) is 94.0 Å². The number of imidazole rings is 1. The van der Waals surface area contributed by atoms with Crippen molar-refractivity contribution in [1.29, 1.82) is 0 Å². The van der Waals surface area contributed by atoms with Crippen LogP contribution in [-0.2, 0) is 20.8 Å². The molecule has 4 rings (SSSR count). The zero-order valence-electron chi connectivity index (χ0n) is 21.1. The number of piperidine rings is 1. The van der Waals surface area contributed by atoms with Crippen LogP contribution in [0.15, 0.2) is 36.2 Å². The molecule has 0 unspecified atom stereocenters. The molecule has 186 valence electrons. The molecule has 0 saturated carbocycles. The number of carbonyl (C=O) groups is 3. The molecule has 0 radical (unpaired) electrons. The SMILES string of the molecule is CC(C)(C)OC(=O)N1CCCC(=Cc2ncn3c2CN(C(=O)OC(C)(C)C)c2ccccc2-3)C1=O. The average Bonchev–Trinajstić information content (AvgIpc) is 3.15. The molecule has 2 aromatic rings. The van der Waals surface area contributed by atoms with Crippen LogP contribution < -0.4 is 4.90 Å². The van der Waals surface area contributed by atoms with Gasteiger partial charge in [-0.15, -0.1) is 0 Å². The number of likely N-dealkylation sites (tertiary alicyclic amines) is 1. The minimum Gasteiger partial charge on any atom is -0.443 e. The highest BCUT2D eigenvalue weighted by atomic mass is 16.6. The third-order valence-electron chi connectivity index (χ3n) is 5.53. The Balaban J connectivity index is 1.67. The number of amides is 3. The van der Waals surface area contributed by atoms with Gasteiger partial charge in [-0.1, -0.05) is 12.1 Å². The molecule has 2 aliphatic rings. The number of aromatic nitrogens is 2. The Bertz CT molecular complexity index is 1200. The molecule has 0 aliphatic carbocycles. The van der Waals surface area contributed by atoms with Gasteiger partial charge in [-0.2, -0.15) is 0 Å². The van der Waals surface area contributed by atoms with Crippen LogP contribution in [0.5, 0.6) is 0 Å². The summed E-state index contributed by atoms with van der Waals surface area (Å²) in [6.45, 7) is 11.3. The summed E-state index contributed by atoms with van der Waals surface area (Å²) in [5.41, 5.74) is 1.98. The van der Waals surface area contributed by atoms with Crippen molar-refractivity contribution in [2.45, 2.75) is 72.1 Å². The molecule has 0 bridgehead atoms. The molecule has 35 heavy (non-hydrogen) atoms. The van der Waals surface area contributed by atoms with E-state index in [1.165, 1.54) is 0 Å². The van der Waals surface area contributed by atoms with Crippen LogP contribution in [0.1, 0.15) is 65.8 Å².